The molecule has 0 radical (unpaired) electrons. The Labute approximate surface area is 329 Å². The maximum absolute atomic E-state index is 16.0. The summed E-state index contributed by atoms with van der Waals surface area (Å²) >= 11 is 0. The van der Waals surface area contributed by atoms with Crippen LogP contribution in [0.1, 0.15) is 65.4 Å². The number of likely N-dealkylation sites (tertiary alicyclic amines) is 1. The van der Waals surface area contributed by atoms with Crippen LogP contribution in [0.15, 0.2) is 66.9 Å². The van der Waals surface area contributed by atoms with Crippen molar-refractivity contribution in [1.82, 2.24) is 29.6 Å². The highest BCUT2D eigenvalue weighted by Gasteiger charge is 2.46. The standard InChI is InChI=1S/C41H49F3N6O7/c1-25(51)38(55)50(22-27-21-48(23-31(27)44)39(56)57-40(2,3)4)36(41(5,6)19-33(52)45-16-17-49-34(53)14-15-35(49)54)37-46-32(29-18-28(42)12-13-30(29)43)24-47(37)20-26-10-8-7-9-11-26/h7-15,18,24-25,27,31,36,51H,16-17,19-23H2,1-6H3,(H,45,52)/t25-,27-,31-,36-/m0/s1. The summed E-state index contributed by atoms with van der Waals surface area (Å²) in [5.41, 5.74) is -1.52. The maximum atomic E-state index is 16.0. The average Bonchev–Trinajstić information content (AvgIpc) is 3.80. The minimum absolute atomic E-state index is 0.0153. The minimum atomic E-state index is -1.61. The molecule has 1 fully saturated rings. The van der Waals surface area contributed by atoms with E-state index in [1.807, 2.05) is 30.3 Å². The zero-order valence-electron chi connectivity index (χ0n) is 32.9. The highest BCUT2D eigenvalue weighted by atomic mass is 19.1. The number of nitrogens with one attached hydrogen (secondary N) is 1. The highest BCUT2D eigenvalue weighted by Crippen LogP contribution is 2.43. The van der Waals surface area contributed by atoms with E-state index in [4.69, 9.17) is 9.72 Å². The molecule has 1 saturated heterocycles. The van der Waals surface area contributed by atoms with Gasteiger partial charge in [-0.3, -0.25) is 24.1 Å². The SMILES string of the molecule is C[C@H](O)C(=O)N(C[C@@H]1CN(C(=O)OC(C)(C)C)C[C@@H]1F)[C@@H](c1nc(-c2cc(F)ccc2F)cn1Cc1ccccc1)C(C)(C)CC(=O)NCCN1C(=O)C=CC1=O. The lowest BCUT2D eigenvalue weighted by Gasteiger charge is -2.43. The Kier molecular flexibility index (Phi) is 13.0. The molecule has 0 aliphatic carbocycles. The average molecular weight is 795 g/mol. The molecule has 16 heteroatoms. The zero-order valence-corrected chi connectivity index (χ0v) is 32.9. The molecule has 57 heavy (non-hydrogen) atoms. The first-order valence-corrected chi connectivity index (χ1v) is 18.7. The van der Waals surface area contributed by atoms with Gasteiger partial charge in [-0.2, -0.15) is 0 Å². The Morgan fingerprint density at radius 3 is 2.32 bits per heavy atom. The Balaban J connectivity index is 1.59. The lowest BCUT2D eigenvalue weighted by molar-refractivity contribution is -0.147. The normalized spacial score (nSPS) is 18.2. The quantitative estimate of drug-likeness (QED) is 0.221. The first-order chi connectivity index (χ1) is 26.7. The number of aromatic nitrogens is 2. The van der Waals surface area contributed by atoms with E-state index in [0.29, 0.717) is 0 Å². The van der Waals surface area contributed by atoms with Crippen LogP contribution in [0.5, 0.6) is 0 Å². The van der Waals surface area contributed by atoms with Crippen molar-refractivity contribution >= 4 is 29.7 Å². The largest absolute Gasteiger partial charge is 0.444 e. The summed E-state index contributed by atoms with van der Waals surface area (Å²) in [6.45, 7) is 8.83. The lowest BCUT2D eigenvalue weighted by atomic mass is 9.78. The van der Waals surface area contributed by atoms with Crippen molar-refractivity contribution in [2.24, 2.45) is 11.3 Å². The molecule has 2 N–H and O–H groups in total. The monoisotopic (exact) mass is 794 g/mol. The number of imide groups is 1. The van der Waals surface area contributed by atoms with Gasteiger partial charge in [0.15, 0.2) is 0 Å². The molecule has 0 bridgehead atoms. The second kappa shape index (κ2) is 17.3. The minimum Gasteiger partial charge on any atom is -0.444 e. The van der Waals surface area contributed by atoms with Crippen molar-refractivity contribution in [3.05, 3.63) is 89.9 Å². The van der Waals surface area contributed by atoms with Crippen LogP contribution < -0.4 is 5.32 Å². The van der Waals surface area contributed by atoms with E-state index in [9.17, 15) is 33.5 Å². The van der Waals surface area contributed by atoms with Crippen molar-refractivity contribution in [3.8, 4) is 11.3 Å². The van der Waals surface area contributed by atoms with Gasteiger partial charge < -0.3 is 29.5 Å². The summed E-state index contributed by atoms with van der Waals surface area (Å²) in [7, 11) is 0. The van der Waals surface area contributed by atoms with Crippen LogP contribution in [0.2, 0.25) is 0 Å². The number of rotatable bonds is 14. The van der Waals surface area contributed by atoms with Gasteiger partial charge in [0.2, 0.25) is 5.91 Å². The predicted octanol–water partition coefficient (Wildman–Crippen LogP) is 4.79. The molecule has 0 spiro atoms. The van der Waals surface area contributed by atoms with Gasteiger partial charge in [0.25, 0.3) is 17.7 Å². The number of aliphatic hydroxyl groups is 1. The molecule has 4 atom stereocenters. The van der Waals surface area contributed by atoms with Gasteiger partial charge in [0.1, 0.15) is 35.3 Å². The number of imidazole rings is 1. The van der Waals surface area contributed by atoms with Crippen molar-refractivity contribution in [3.63, 3.8) is 0 Å². The van der Waals surface area contributed by atoms with E-state index in [-0.39, 0.29) is 62.8 Å². The Hall–Kier alpha value is -5.51. The molecule has 306 valence electrons. The number of carbonyl (C=O) groups excluding carboxylic acids is 5. The van der Waals surface area contributed by atoms with E-state index >= 15 is 8.78 Å². The molecular weight excluding hydrogens is 745 g/mol. The van der Waals surface area contributed by atoms with Crippen LogP contribution in [0, 0.1) is 23.0 Å². The van der Waals surface area contributed by atoms with Gasteiger partial charge in [0, 0.05) is 74.4 Å². The number of aliphatic hydroxyl groups excluding tert-OH is 1. The Morgan fingerprint density at radius 2 is 1.68 bits per heavy atom. The van der Waals surface area contributed by atoms with Crippen LogP contribution in [0.4, 0.5) is 18.0 Å². The molecule has 1 aromatic heterocycles. The van der Waals surface area contributed by atoms with Crippen LogP contribution in [0.25, 0.3) is 11.3 Å². The maximum Gasteiger partial charge on any atom is 0.410 e. The second-order valence-electron chi connectivity index (χ2n) is 16.1. The summed E-state index contributed by atoms with van der Waals surface area (Å²) in [4.78, 5) is 73.2. The first kappa shape index (κ1) is 42.6. The van der Waals surface area contributed by atoms with Crippen LogP contribution >= 0.6 is 0 Å². The van der Waals surface area contributed by atoms with E-state index in [0.717, 1.165) is 40.8 Å². The van der Waals surface area contributed by atoms with E-state index in [2.05, 4.69) is 5.32 Å². The number of carbonyl (C=O) groups is 5. The number of ether oxygens (including phenoxy) is 1. The molecule has 3 heterocycles. The third-order valence-corrected chi connectivity index (χ3v) is 9.76. The number of halogens is 3. The number of alkyl halides is 1. The summed E-state index contributed by atoms with van der Waals surface area (Å²) in [6.07, 6.45) is -0.483. The van der Waals surface area contributed by atoms with Gasteiger partial charge in [-0.1, -0.05) is 44.2 Å². The molecule has 3 aromatic rings. The summed E-state index contributed by atoms with van der Waals surface area (Å²) in [6, 6.07) is 10.8. The van der Waals surface area contributed by atoms with Crippen LogP contribution in [-0.2, 0) is 30.5 Å². The molecule has 0 unspecified atom stereocenters. The molecule has 2 aromatic carbocycles. The van der Waals surface area contributed by atoms with Crippen LogP contribution in [0.3, 0.4) is 0 Å². The third kappa shape index (κ3) is 10.5. The third-order valence-electron chi connectivity index (χ3n) is 9.76. The molecule has 2 aliphatic heterocycles. The summed E-state index contributed by atoms with van der Waals surface area (Å²) in [5, 5.41) is 13.5. The van der Waals surface area contributed by atoms with Crippen molar-refractivity contribution in [1.29, 1.82) is 0 Å². The molecule has 5 rings (SSSR count). The van der Waals surface area contributed by atoms with Gasteiger partial charge in [-0.05, 0) is 51.5 Å². The van der Waals surface area contributed by atoms with Crippen molar-refractivity contribution < 1.29 is 47.0 Å². The number of nitrogens with zero attached hydrogens (tertiary/aromatic N) is 5. The van der Waals surface area contributed by atoms with E-state index in [1.165, 1.54) is 22.9 Å². The van der Waals surface area contributed by atoms with E-state index in [1.54, 1.807) is 39.2 Å². The van der Waals surface area contributed by atoms with Crippen molar-refractivity contribution in [2.75, 3.05) is 32.7 Å². The first-order valence-electron chi connectivity index (χ1n) is 18.7. The molecular formula is C41H49F3N6O7. The topological polar surface area (TPSA) is 154 Å². The second-order valence-corrected chi connectivity index (χ2v) is 16.1. The fourth-order valence-electron chi connectivity index (χ4n) is 7.12. The number of hydrogen-bond donors (Lipinski definition) is 2. The molecule has 0 saturated carbocycles. The van der Waals surface area contributed by atoms with Crippen molar-refractivity contribution in [2.45, 2.75) is 78.4 Å². The Bertz CT molecular complexity index is 1990. The number of hydrogen-bond acceptors (Lipinski definition) is 8. The number of amides is 5. The fourth-order valence-corrected chi connectivity index (χ4v) is 7.12. The van der Waals surface area contributed by atoms with Gasteiger partial charge >= 0.3 is 6.09 Å². The molecule has 2 aliphatic rings. The molecule has 13 nitrogen and oxygen atoms in total. The molecule has 5 amide bonds. The lowest BCUT2D eigenvalue weighted by Crippen LogP contribution is -2.50. The summed E-state index contributed by atoms with van der Waals surface area (Å²) in [5.74, 6) is -4.71. The highest BCUT2D eigenvalue weighted by molar-refractivity contribution is 6.12. The fraction of sp³-hybridized carbons (Fsp3) is 0.463. The van der Waals surface area contributed by atoms with Gasteiger partial charge in [0.05, 0.1) is 18.3 Å². The Morgan fingerprint density at radius 1 is 1.02 bits per heavy atom. The summed E-state index contributed by atoms with van der Waals surface area (Å²) < 4.78 is 52.9. The van der Waals surface area contributed by atoms with E-state index < -0.39 is 76.6 Å². The van der Waals surface area contributed by atoms with Crippen LogP contribution in [-0.4, -0.2) is 110 Å². The smallest absolute Gasteiger partial charge is 0.410 e. The van der Waals surface area contributed by atoms with Gasteiger partial charge in [-0.15, -0.1) is 0 Å². The zero-order chi connectivity index (χ0) is 41.8. The predicted molar refractivity (Wildman–Crippen MR) is 203 cm³/mol. The van der Waals surface area contributed by atoms with Gasteiger partial charge in [-0.25, -0.2) is 22.9 Å². The number of benzene rings is 2.